The van der Waals surface area contributed by atoms with E-state index in [4.69, 9.17) is 4.74 Å². The number of hydrogen-bond acceptors (Lipinski definition) is 4. The molecule has 1 aromatic rings. The molecule has 1 N–H and O–H groups in total. The van der Waals surface area contributed by atoms with Gasteiger partial charge in [-0.05, 0) is 57.5 Å². The van der Waals surface area contributed by atoms with E-state index in [2.05, 4.69) is 10.2 Å². The third-order valence-electron chi connectivity index (χ3n) is 5.23. The van der Waals surface area contributed by atoms with Gasteiger partial charge in [-0.2, -0.15) is 0 Å². The Bertz CT molecular complexity index is 641. The van der Waals surface area contributed by atoms with E-state index in [-0.39, 0.29) is 23.7 Å². The Morgan fingerprint density at radius 3 is 2.56 bits per heavy atom. The van der Waals surface area contributed by atoms with Crippen molar-refractivity contribution in [3.8, 4) is 5.75 Å². The second-order valence-corrected chi connectivity index (χ2v) is 7.91. The summed E-state index contributed by atoms with van der Waals surface area (Å²) in [5, 5.41) is 3.03. The first-order chi connectivity index (χ1) is 13.0. The zero-order valence-electron chi connectivity index (χ0n) is 16.4. The van der Waals surface area contributed by atoms with Crippen molar-refractivity contribution in [3.05, 3.63) is 29.8 Å². The van der Waals surface area contributed by atoms with Gasteiger partial charge in [0.1, 0.15) is 12.4 Å². The molecule has 0 aromatic heterocycles. The van der Waals surface area contributed by atoms with Crippen molar-refractivity contribution in [1.82, 2.24) is 15.1 Å². The SMILES string of the molecule is CN(C)CCOc1ccc(CNC(=O)C2CCCN(C(=O)C3CC3)C2)cc1. The summed E-state index contributed by atoms with van der Waals surface area (Å²) < 4.78 is 5.68. The Kier molecular flexibility index (Phi) is 6.72. The van der Waals surface area contributed by atoms with Crippen molar-refractivity contribution in [2.75, 3.05) is 40.3 Å². The Labute approximate surface area is 161 Å². The lowest BCUT2D eigenvalue weighted by Gasteiger charge is -2.32. The van der Waals surface area contributed by atoms with Gasteiger partial charge in [0.15, 0.2) is 0 Å². The van der Waals surface area contributed by atoms with Gasteiger partial charge in [-0.25, -0.2) is 0 Å². The fourth-order valence-corrected chi connectivity index (χ4v) is 3.36. The van der Waals surface area contributed by atoms with Gasteiger partial charge in [-0.3, -0.25) is 9.59 Å². The predicted molar refractivity (Wildman–Crippen MR) is 104 cm³/mol. The van der Waals surface area contributed by atoms with Gasteiger partial charge < -0.3 is 19.9 Å². The molecule has 0 radical (unpaired) electrons. The van der Waals surface area contributed by atoms with E-state index in [9.17, 15) is 9.59 Å². The smallest absolute Gasteiger partial charge is 0.225 e. The normalized spacial score (nSPS) is 19.8. The van der Waals surface area contributed by atoms with Crippen molar-refractivity contribution in [1.29, 1.82) is 0 Å². The van der Waals surface area contributed by atoms with Crippen LogP contribution in [0.3, 0.4) is 0 Å². The molecule has 1 aliphatic heterocycles. The van der Waals surface area contributed by atoms with Crippen LogP contribution in [0.1, 0.15) is 31.2 Å². The maximum atomic E-state index is 12.5. The average Bonchev–Trinajstić information content (AvgIpc) is 3.51. The number of likely N-dealkylation sites (tertiary alicyclic amines) is 1. The summed E-state index contributed by atoms with van der Waals surface area (Å²) in [6.07, 6.45) is 3.80. The lowest BCUT2D eigenvalue weighted by atomic mass is 9.96. The molecule has 6 nitrogen and oxygen atoms in total. The van der Waals surface area contributed by atoms with Crippen molar-refractivity contribution in [2.45, 2.75) is 32.2 Å². The monoisotopic (exact) mass is 373 g/mol. The number of benzene rings is 1. The van der Waals surface area contributed by atoms with E-state index < -0.39 is 0 Å². The first-order valence-electron chi connectivity index (χ1n) is 9.96. The molecule has 1 heterocycles. The Morgan fingerprint density at radius 1 is 1.15 bits per heavy atom. The van der Waals surface area contributed by atoms with E-state index in [1.165, 1.54) is 0 Å². The topological polar surface area (TPSA) is 61.9 Å². The lowest BCUT2D eigenvalue weighted by molar-refractivity contribution is -0.136. The highest BCUT2D eigenvalue weighted by Gasteiger charge is 2.36. The summed E-state index contributed by atoms with van der Waals surface area (Å²) in [7, 11) is 4.03. The molecule has 2 aliphatic rings. The van der Waals surface area contributed by atoms with E-state index >= 15 is 0 Å². The number of hydrogen-bond donors (Lipinski definition) is 1. The number of piperidine rings is 1. The molecular weight excluding hydrogens is 342 g/mol. The molecule has 1 atom stereocenters. The minimum Gasteiger partial charge on any atom is -0.492 e. The maximum absolute atomic E-state index is 12.5. The van der Waals surface area contributed by atoms with E-state index in [0.29, 0.717) is 19.7 Å². The molecule has 27 heavy (non-hydrogen) atoms. The largest absolute Gasteiger partial charge is 0.492 e. The molecule has 1 saturated carbocycles. The van der Waals surface area contributed by atoms with E-state index in [0.717, 1.165) is 50.1 Å². The molecule has 0 spiro atoms. The van der Waals surface area contributed by atoms with Crippen LogP contribution in [0.25, 0.3) is 0 Å². The summed E-state index contributed by atoms with van der Waals surface area (Å²) in [5.74, 6) is 1.28. The highest BCUT2D eigenvalue weighted by Crippen LogP contribution is 2.32. The number of nitrogens with zero attached hydrogens (tertiary/aromatic N) is 2. The van der Waals surface area contributed by atoms with Gasteiger partial charge in [0.05, 0.1) is 5.92 Å². The predicted octanol–water partition coefficient (Wildman–Crippen LogP) is 1.89. The molecule has 148 valence electrons. The number of nitrogens with one attached hydrogen (secondary N) is 1. The van der Waals surface area contributed by atoms with Crippen LogP contribution < -0.4 is 10.1 Å². The fraction of sp³-hybridized carbons (Fsp3) is 0.619. The zero-order valence-corrected chi connectivity index (χ0v) is 16.4. The minimum atomic E-state index is -0.0879. The van der Waals surface area contributed by atoms with Gasteiger partial charge in [0, 0.05) is 32.1 Å². The van der Waals surface area contributed by atoms with Gasteiger partial charge in [-0.15, -0.1) is 0 Å². The first-order valence-corrected chi connectivity index (χ1v) is 9.96. The Morgan fingerprint density at radius 2 is 1.89 bits per heavy atom. The molecule has 0 bridgehead atoms. The van der Waals surface area contributed by atoms with Crippen molar-refractivity contribution >= 4 is 11.8 Å². The summed E-state index contributed by atoms with van der Waals surface area (Å²) >= 11 is 0. The molecule has 2 amide bonds. The summed E-state index contributed by atoms with van der Waals surface area (Å²) in [6.45, 7) is 3.40. The summed E-state index contributed by atoms with van der Waals surface area (Å²) in [4.78, 5) is 28.7. The van der Waals surface area contributed by atoms with E-state index in [1.807, 2.05) is 43.3 Å². The average molecular weight is 373 g/mol. The van der Waals surface area contributed by atoms with Crippen LogP contribution >= 0.6 is 0 Å². The summed E-state index contributed by atoms with van der Waals surface area (Å²) in [6, 6.07) is 7.84. The van der Waals surface area contributed by atoms with Crippen LogP contribution in [0.5, 0.6) is 5.75 Å². The van der Waals surface area contributed by atoms with Crippen molar-refractivity contribution in [2.24, 2.45) is 11.8 Å². The highest BCUT2D eigenvalue weighted by molar-refractivity contribution is 5.83. The number of rotatable bonds is 8. The van der Waals surface area contributed by atoms with Crippen LogP contribution in [0.2, 0.25) is 0 Å². The van der Waals surface area contributed by atoms with E-state index in [1.54, 1.807) is 0 Å². The highest BCUT2D eigenvalue weighted by atomic mass is 16.5. The molecular formula is C21H31N3O3. The van der Waals surface area contributed by atoms with Crippen LogP contribution in [0.15, 0.2) is 24.3 Å². The summed E-state index contributed by atoms with van der Waals surface area (Å²) in [5.41, 5.74) is 1.05. The molecule has 6 heteroatoms. The molecule has 1 saturated heterocycles. The van der Waals surface area contributed by atoms with Crippen molar-refractivity contribution in [3.63, 3.8) is 0 Å². The van der Waals surface area contributed by atoms with Gasteiger partial charge in [0.25, 0.3) is 0 Å². The van der Waals surface area contributed by atoms with Gasteiger partial charge in [-0.1, -0.05) is 12.1 Å². The van der Waals surface area contributed by atoms with Crippen LogP contribution in [-0.4, -0.2) is 62.0 Å². The fourth-order valence-electron chi connectivity index (χ4n) is 3.36. The lowest BCUT2D eigenvalue weighted by Crippen LogP contribution is -2.45. The zero-order chi connectivity index (χ0) is 19.2. The molecule has 1 unspecified atom stereocenters. The third kappa shape index (κ3) is 5.96. The first kappa shape index (κ1) is 19.7. The van der Waals surface area contributed by atoms with Crippen LogP contribution in [0, 0.1) is 11.8 Å². The van der Waals surface area contributed by atoms with Crippen LogP contribution in [-0.2, 0) is 16.1 Å². The standard InChI is InChI=1S/C21H31N3O3/c1-23(2)12-13-27-19-9-5-16(6-10-19)14-22-20(25)18-4-3-11-24(15-18)21(26)17-7-8-17/h5-6,9-10,17-18H,3-4,7-8,11-15H2,1-2H3,(H,22,25). The van der Waals surface area contributed by atoms with Gasteiger partial charge in [0.2, 0.25) is 11.8 Å². The third-order valence-corrected chi connectivity index (χ3v) is 5.23. The minimum absolute atomic E-state index is 0.0506. The maximum Gasteiger partial charge on any atom is 0.225 e. The second kappa shape index (κ2) is 9.22. The number of carbonyl (C=O) groups is 2. The quantitative estimate of drug-likeness (QED) is 0.756. The number of likely N-dealkylation sites (N-methyl/N-ethyl adjacent to an activating group) is 1. The molecule has 1 aromatic carbocycles. The second-order valence-electron chi connectivity index (χ2n) is 7.91. The number of carbonyl (C=O) groups excluding carboxylic acids is 2. The Hall–Kier alpha value is -2.08. The molecule has 1 aliphatic carbocycles. The van der Waals surface area contributed by atoms with Crippen LogP contribution in [0.4, 0.5) is 0 Å². The number of ether oxygens (including phenoxy) is 1. The number of amides is 2. The Balaban J connectivity index is 1.42. The molecule has 3 rings (SSSR count). The van der Waals surface area contributed by atoms with Gasteiger partial charge >= 0.3 is 0 Å². The molecule has 2 fully saturated rings. The van der Waals surface area contributed by atoms with Crippen molar-refractivity contribution < 1.29 is 14.3 Å².